The second kappa shape index (κ2) is 7.17. The molecule has 1 aliphatic heterocycles. The summed E-state index contributed by atoms with van der Waals surface area (Å²) in [5.41, 5.74) is 0.909. The quantitative estimate of drug-likeness (QED) is 0.835. The van der Waals surface area contributed by atoms with Gasteiger partial charge in [-0.25, -0.2) is 8.42 Å². The topological polar surface area (TPSA) is 102 Å². The largest absolute Gasteiger partial charge is 0.479 e. The van der Waals surface area contributed by atoms with Crippen LogP contribution in [0.2, 0.25) is 0 Å². The Bertz CT molecular complexity index is 941. The molecule has 0 bridgehead atoms. The predicted octanol–water partition coefficient (Wildman–Crippen LogP) is 2.21. The Morgan fingerprint density at radius 2 is 1.92 bits per heavy atom. The van der Waals surface area contributed by atoms with Gasteiger partial charge in [0, 0.05) is 12.1 Å². The molecule has 0 fully saturated rings. The van der Waals surface area contributed by atoms with E-state index in [0.717, 1.165) is 0 Å². The number of hydrogen-bond acceptors (Lipinski definition) is 5. The van der Waals surface area contributed by atoms with Gasteiger partial charge in [0.2, 0.25) is 5.91 Å². The van der Waals surface area contributed by atoms with Crippen LogP contribution in [0.4, 0.5) is 11.4 Å². The van der Waals surface area contributed by atoms with Crippen molar-refractivity contribution in [3.05, 3.63) is 48.5 Å². The molecule has 0 saturated carbocycles. The van der Waals surface area contributed by atoms with Gasteiger partial charge in [0.15, 0.2) is 15.9 Å². The standard InChI is InChI=1S/C18H18N2O5S/c1-12-18(22)20-15-11-13(7-8-16(15)25-12)19-17(21)9-10-26(23,24)14-5-3-2-4-6-14/h2-8,11-12H,9-10H2,1H3,(H,19,21)(H,20,22). The number of hydrogen-bond donors (Lipinski definition) is 2. The minimum Gasteiger partial charge on any atom is -0.479 e. The molecule has 2 amide bonds. The molecule has 7 nitrogen and oxygen atoms in total. The van der Waals surface area contributed by atoms with Gasteiger partial charge in [0.1, 0.15) is 5.75 Å². The molecule has 3 rings (SSSR count). The van der Waals surface area contributed by atoms with E-state index in [1.54, 1.807) is 43.3 Å². The van der Waals surface area contributed by atoms with Crippen LogP contribution >= 0.6 is 0 Å². The average Bonchev–Trinajstić information content (AvgIpc) is 2.62. The summed E-state index contributed by atoms with van der Waals surface area (Å²) in [6, 6.07) is 12.8. The van der Waals surface area contributed by atoms with Crippen molar-refractivity contribution in [3.63, 3.8) is 0 Å². The van der Waals surface area contributed by atoms with E-state index in [2.05, 4.69) is 10.6 Å². The molecule has 0 aromatic heterocycles. The van der Waals surface area contributed by atoms with Crippen molar-refractivity contribution in [1.29, 1.82) is 0 Å². The van der Waals surface area contributed by atoms with Gasteiger partial charge in [0.05, 0.1) is 16.3 Å². The fraction of sp³-hybridized carbons (Fsp3) is 0.222. The van der Waals surface area contributed by atoms with Gasteiger partial charge in [-0.2, -0.15) is 0 Å². The minimum absolute atomic E-state index is 0.172. The van der Waals surface area contributed by atoms with Crippen molar-refractivity contribution in [2.45, 2.75) is 24.3 Å². The predicted molar refractivity (Wildman–Crippen MR) is 96.9 cm³/mol. The van der Waals surface area contributed by atoms with Crippen LogP contribution in [0.5, 0.6) is 5.75 Å². The summed E-state index contributed by atoms with van der Waals surface area (Å²) in [6.45, 7) is 1.64. The Kier molecular flexibility index (Phi) is 4.94. The lowest BCUT2D eigenvalue weighted by Crippen LogP contribution is -2.34. The lowest BCUT2D eigenvalue weighted by atomic mass is 10.2. The number of benzene rings is 2. The molecule has 1 unspecified atom stereocenters. The highest BCUT2D eigenvalue weighted by molar-refractivity contribution is 7.91. The highest BCUT2D eigenvalue weighted by Gasteiger charge is 2.23. The molecule has 0 aliphatic carbocycles. The van der Waals surface area contributed by atoms with Crippen molar-refractivity contribution in [2.75, 3.05) is 16.4 Å². The second-order valence-electron chi connectivity index (χ2n) is 5.89. The second-order valence-corrected chi connectivity index (χ2v) is 8.00. The van der Waals surface area contributed by atoms with Crippen LogP contribution in [0.3, 0.4) is 0 Å². The summed E-state index contributed by atoms with van der Waals surface area (Å²) in [7, 11) is -3.51. The molecule has 2 aromatic carbocycles. The number of carbonyl (C=O) groups is 2. The van der Waals surface area contributed by atoms with E-state index in [9.17, 15) is 18.0 Å². The van der Waals surface area contributed by atoms with Gasteiger partial charge in [-0.1, -0.05) is 18.2 Å². The maximum absolute atomic E-state index is 12.2. The number of nitrogens with one attached hydrogen (secondary N) is 2. The Morgan fingerprint density at radius 1 is 1.19 bits per heavy atom. The summed E-state index contributed by atoms with van der Waals surface area (Å²) >= 11 is 0. The third kappa shape index (κ3) is 4.02. The normalized spacial score (nSPS) is 16.2. The smallest absolute Gasteiger partial charge is 0.265 e. The lowest BCUT2D eigenvalue weighted by Gasteiger charge is -2.23. The average molecular weight is 374 g/mol. The highest BCUT2D eigenvalue weighted by atomic mass is 32.2. The number of fused-ring (bicyclic) bond motifs is 1. The third-order valence-corrected chi connectivity index (χ3v) is 5.63. The fourth-order valence-corrected chi connectivity index (χ4v) is 3.74. The number of ether oxygens (including phenoxy) is 1. The fourth-order valence-electron chi connectivity index (χ4n) is 2.48. The summed E-state index contributed by atoms with van der Waals surface area (Å²) in [6.07, 6.45) is -0.750. The molecule has 0 saturated heterocycles. The first kappa shape index (κ1) is 17.9. The highest BCUT2D eigenvalue weighted by Crippen LogP contribution is 2.32. The van der Waals surface area contributed by atoms with E-state index in [1.165, 1.54) is 12.1 Å². The molecule has 1 heterocycles. The molecule has 26 heavy (non-hydrogen) atoms. The number of sulfone groups is 1. The van der Waals surface area contributed by atoms with E-state index < -0.39 is 21.8 Å². The molecular weight excluding hydrogens is 356 g/mol. The van der Waals surface area contributed by atoms with Crippen LogP contribution in [-0.4, -0.2) is 32.1 Å². The van der Waals surface area contributed by atoms with E-state index in [-0.39, 0.29) is 23.0 Å². The van der Waals surface area contributed by atoms with Gasteiger partial charge in [-0.15, -0.1) is 0 Å². The zero-order valence-electron chi connectivity index (χ0n) is 14.1. The monoisotopic (exact) mass is 374 g/mol. The summed E-state index contributed by atoms with van der Waals surface area (Å²) < 4.78 is 29.8. The maximum atomic E-state index is 12.2. The zero-order valence-corrected chi connectivity index (χ0v) is 14.9. The molecule has 2 N–H and O–H groups in total. The molecule has 1 aliphatic rings. The van der Waals surface area contributed by atoms with E-state index in [4.69, 9.17) is 4.74 Å². The first-order valence-corrected chi connectivity index (χ1v) is 9.69. The van der Waals surface area contributed by atoms with Crippen LogP contribution < -0.4 is 15.4 Å². The molecule has 2 aromatic rings. The van der Waals surface area contributed by atoms with Crippen molar-refractivity contribution >= 4 is 33.0 Å². The first-order chi connectivity index (χ1) is 12.3. The number of anilines is 2. The Balaban J connectivity index is 1.62. The Hall–Kier alpha value is -2.87. The number of rotatable bonds is 5. The lowest BCUT2D eigenvalue weighted by molar-refractivity contribution is -0.122. The summed E-state index contributed by atoms with van der Waals surface area (Å²) in [5.74, 6) is -0.469. The van der Waals surface area contributed by atoms with Crippen molar-refractivity contribution in [1.82, 2.24) is 0 Å². The van der Waals surface area contributed by atoms with E-state index in [1.807, 2.05) is 0 Å². The van der Waals surface area contributed by atoms with Crippen LogP contribution in [0, 0.1) is 0 Å². The molecule has 1 atom stereocenters. The van der Waals surface area contributed by atoms with Crippen LogP contribution in [0.25, 0.3) is 0 Å². The van der Waals surface area contributed by atoms with Crippen LogP contribution in [0.15, 0.2) is 53.4 Å². The van der Waals surface area contributed by atoms with Crippen LogP contribution in [0.1, 0.15) is 13.3 Å². The van der Waals surface area contributed by atoms with Gasteiger partial charge in [-0.3, -0.25) is 9.59 Å². The van der Waals surface area contributed by atoms with Gasteiger partial charge in [0.25, 0.3) is 5.91 Å². The van der Waals surface area contributed by atoms with Gasteiger partial charge >= 0.3 is 0 Å². The molecule has 0 radical (unpaired) electrons. The summed E-state index contributed by atoms with van der Waals surface area (Å²) in [5, 5.41) is 5.32. The Labute approximate surface area is 151 Å². The minimum atomic E-state index is -3.51. The van der Waals surface area contributed by atoms with Gasteiger partial charge in [-0.05, 0) is 37.3 Å². The third-order valence-electron chi connectivity index (χ3n) is 3.89. The van der Waals surface area contributed by atoms with Crippen LogP contribution in [-0.2, 0) is 19.4 Å². The number of carbonyl (C=O) groups excluding carboxylic acids is 2. The Morgan fingerprint density at radius 3 is 2.65 bits per heavy atom. The summed E-state index contributed by atoms with van der Waals surface area (Å²) in [4.78, 5) is 23.9. The van der Waals surface area contributed by atoms with Crippen molar-refractivity contribution in [3.8, 4) is 5.75 Å². The molecule has 136 valence electrons. The number of amides is 2. The van der Waals surface area contributed by atoms with E-state index in [0.29, 0.717) is 17.1 Å². The first-order valence-electron chi connectivity index (χ1n) is 8.04. The molecular formula is C18H18N2O5S. The van der Waals surface area contributed by atoms with Crippen molar-refractivity contribution in [2.24, 2.45) is 0 Å². The molecule has 8 heteroatoms. The van der Waals surface area contributed by atoms with E-state index >= 15 is 0 Å². The SMILES string of the molecule is CC1Oc2ccc(NC(=O)CCS(=O)(=O)c3ccccc3)cc2NC1=O. The molecule has 0 spiro atoms. The maximum Gasteiger partial charge on any atom is 0.265 e. The van der Waals surface area contributed by atoms with Crippen molar-refractivity contribution < 1.29 is 22.7 Å². The zero-order chi connectivity index (χ0) is 18.7. The van der Waals surface area contributed by atoms with Gasteiger partial charge < -0.3 is 15.4 Å².